The third kappa shape index (κ3) is 5.94. The molecule has 0 saturated carbocycles. The highest BCUT2D eigenvalue weighted by molar-refractivity contribution is 6.11. The van der Waals surface area contributed by atoms with Gasteiger partial charge in [-0.3, -0.25) is 4.98 Å². The standard InChI is InChI=1S/C40H30N2/c1-3-38(40-27-36-16-10-11-17-37(36)28-41-40)42-39(35-24-22-34(23-25-35)32-14-8-5-9-15-32)26-29(2)30-18-20-33(21-19-30)31-12-6-4-7-13-31/h3-28H,1-2H2/b39-26-,42-38+. The van der Waals surface area contributed by atoms with Gasteiger partial charge in [-0.2, -0.15) is 0 Å². The van der Waals surface area contributed by atoms with Crippen molar-refractivity contribution in [2.24, 2.45) is 4.99 Å². The van der Waals surface area contributed by atoms with Crippen molar-refractivity contribution >= 4 is 27.8 Å². The fourth-order valence-electron chi connectivity index (χ4n) is 4.96. The fourth-order valence-corrected chi connectivity index (χ4v) is 4.96. The van der Waals surface area contributed by atoms with Crippen LogP contribution >= 0.6 is 0 Å². The lowest BCUT2D eigenvalue weighted by Gasteiger charge is -2.10. The highest BCUT2D eigenvalue weighted by Crippen LogP contribution is 2.28. The van der Waals surface area contributed by atoms with Crippen molar-refractivity contribution in [1.82, 2.24) is 4.98 Å². The second kappa shape index (κ2) is 12.3. The van der Waals surface area contributed by atoms with Crippen LogP contribution in [0, 0.1) is 0 Å². The van der Waals surface area contributed by atoms with E-state index in [1.54, 1.807) is 6.08 Å². The van der Waals surface area contributed by atoms with Crippen molar-refractivity contribution in [3.63, 3.8) is 0 Å². The Morgan fingerprint density at radius 3 is 1.64 bits per heavy atom. The van der Waals surface area contributed by atoms with Crippen molar-refractivity contribution in [1.29, 1.82) is 0 Å². The number of aliphatic imine (C=N–C) groups is 1. The van der Waals surface area contributed by atoms with E-state index in [0.717, 1.165) is 44.4 Å². The van der Waals surface area contributed by atoms with Gasteiger partial charge in [0.2, 0.25) is 0 Å². The summed E-state index contributed by atoms with van der Waals surface area (Å²) in [5.74, 6) is 0. The van der Waals surface area contributed by atoms with Crippen LogP contribution in [0.2, 0.25) is 0 Å². The van der Waals surface area contributed by atoms with E-state index in [-0.39, 0.29) is 0 Å². The first-order chi connectivity index (χ1) is 20.7. The zero-order chi connectivity index (χ0) is 28.7. The van der Waals surface area contributed by atoms with E-state index in [9.17, 15) is 0 Å². The molecular weight excluding hydrogens is 508 g/mol. The Bertz CT molecular complexity index is 1910. The Kier molecular flexibility index (Phi) is 7.78. The van der Waals surface area contributed by atoms with E-state index < -0.39 is 0 Å². The first kappa shape index (κ1) is 26.6. The van der Waals surface area contributed by atoms with Crippen LogP contribution in [0.25, 0.3) is 44.3 Å². The smallest absolute Gasteiger partial charge is 0.0892 e. The predicted molar refractivity (Wildman–Crippen MR) is 179 cm³/mol. The van der Waals surface area contributed by atoms with Crippen LogP contribution in [0.15, 0.2) is 176 Å². The maximum absolute atomic E-state index is 5.11. The molecule has 42 heavy (non-hydrogen) atoms. The lowest BCUT2D eigenvalue weighted by molar-refractivity contribution is 1.32. The molecule has 0 bridgehead atoms. The summed E-state index contributed by atoms with van der Waals surface area (Å²) < 4.78 is 0. The van der Waals surface area contributed by atoms with Crippen LogP contribution in [0.4, 0.5) is 0 Å². The van der Waals surface area contributed by atoms with Crippen LogP contribution in [-0.4, -0.2) is 10.7 Å². The van der Waals surface area contributed by atoms with E-state index in [0.29, 0.717) is 5.71 Å². The lowest BCUT2D eigenvalue weighted by Crippen LogP contribution is -2.01. The highest BCUT2D eigenvalue weighted by atomic mass is 14.8. The van der Waals surface area contributed by atoms with Crippen LogP contribution in [0.5, 0.6) is 0 Å². The molecule has 0 fully saturated rings. The Morgan fingerprint density at radius 1 is 0.571 bits per heavy atom. The number of aromatic nitrogens is 1. The SMILES string of the molecule is C=C/C(=N\C(=C/C(=C)c1ccc(-c2ccccc2)cc1)c1ccc(-c2ccccc2)cc1)c1cc2ccccc2cn1. The summed E-state index contributed by atoms with van der Waals surface area (Å²) in [6.45, 7) is 8.49. The van der Waals surface area contributed by atoms with Gasteiger partial charge in [0, 0.05) is 17.1 Å². The third-order valence-corrected chi connectivity index (χ3v) is 7.29. The highest BCUT2D eigenvalue weighted by Gasteiger charge is 2.09. The average Bonchev–Trinajstić information content (AvgIpc) is 3.07. The van der Waals surface area contributed by atoms with Crippen LogP contribution < -0.4 is 0 Å². The Labute approximate surface area is 247 Å². The summed E-state index contributed by atoms with van der Waals surface area (Å²) in [5.41, 5.74) is 9.83. The molecule has 2 nitrogen and oxygen atoms in total. The predicted octanol–water partition coefficient (Wildman–Crippen LogP) is 10.3. The molecule has 2 heteroatoms. The van der Waals surface area contributed by atoms with Gasteiger partial charge in [-0.05, 0) is 57.0 Å². The quantitative estimate of drug-likeness (QED) is 0.140. The molecule has 0 N–H and O–H groups in total. The van der Waals surface area contributed by atoms with Crippen molar-refractivity contribution < 1.29 is 0 Å². The third-order valence-electron chi connectivity index (χ3n) is 7.29. The van der Waals surface area contributed by atoms with Gasteiger partial charge in [-0.25, -0.2) is 4.99 Å². The average molecular weight is 539 g/mol. The van der Waals surface area contributed by atoms with Crippen molar-refractivity contribution in [2.45, 2.75) is 0 Å². The lowest BCUT2D eigenvalue weighted by atomic mass is 9.99. The van der Waals surface area contributed by atoms with Crippen LogP contribution in [0.3, 0.4) is 0 Å². The van der Waals surface area contributed by atoms with Crippen molar-refractivity contribution in [3.05, 3.63) is 188 Å². The second-order valence-electron chi connectivity index (χ2n) is 10.1. The first-order valence-corrected chi connectivity index (χ1v) is 14.0. The van der Waals surface area contributed by atoms with Gasteiger partial charge >= 0.3 is 0 Å². The number of hydrogen-bond donors (Lipinski definition) is 0. The van der Waals surface area contributed by atoms with E-state index >= 15 is 0 Å². The first-order valence-electron chi connectivity index (χ1n) is 14.0. The molecule has 0 aliphatic heterocycles. The maximum Gasteiger partial charge on any atom is 0.0892 e. The van der Waals surface area contributed by atoms with Crippen LogP contribution in [-0.2, 0) is 0 Å². The summed E-state index contributed by atoms with van der Waals surface area (Å²) in [6.07, 6.45) is 5.69. The van der Waals surface area contributed by atoms with Gasteiger partial charge in [0.05, 0.1) is 17.1 Å². The van der Waals surface area contributed by atoms with E-state index in [1.165, 1.54) is 16.7 Å². The maximum atomic E-state index is 5.11. The number of pyridine rings is 1. The van der Waals surface area contributed by atoms with Gasteiger partial charge in [-0.1, -0.05) is 147 Å². The van der Waals surface area contributed by atoms with Crippen LogP contribution in [0.1, 0.15) is 16.8 Å². The van der Waals surface area contributed by atoms with Gasteiger partial charge in [-0.15, -0.1) is 0 Å². The Hall–Kier alpha value is -5.60. The molecule has 6 rings (SSSR count). The number of nitrogens with zero attached hydrogens (tertiary/aromatic N) is 2. The molecule has 0 unspecified atom stereocenters. The molecule has 200 valence electrons. The molecule has 0 aliphatic rings. The Balaban J connectivity index is 1.39. The normalized spacial score (nSPS) is 11.8. The van der Waals surface area contributed by atoms with E-state index in [4.69, 9.17) is 9.98 Å². The number of benzene rings is 5. The second-order valence-corrected chi connectivity index (χ2v) is 10.1. The van der Waals surface area contributed by atoms with Crippen molar-refractivity contribution in [3.8, 4) is 22.3 Å². The minimum atomic E-state index is 0.700. The summed E-state index contributed by atoms with van der Waals surface area (Å²) in [4.78, 5) is 9.81. The Morgan fingerprint density at radius 2 is 1.07 bits per heavy atom. The van der Waals surface area contributed by atoms with Gasteiger partial charge in [0.1, 0.15) is 0 Å². The molecule has 1 aromatic heterocycles. The minimum absolute atomic E-state index is 0.700. The molecule has 0 atom stereocenters. The zero-order valence-electron chi connectivity index (χ0n) is 23.3. The molecule has 0 spiro atoms. The summed E-state index contributed by atoms with van der Waals surface area (Å²) in [7, 11) is 0. The molecule has 0 saturated heterocycles. The summed E-state index contributed by atoms with van der Waals surface area (Å²) >= 11 is 0. The van der Waals surface area contributed by atoms with Gasteiger partial charge < -0.3 is 0 Å². The number of rotatable bonds is 8. The van der Waals surface area contributed by atoms with Gasteiger partial charge in [0.25, 0.3) is 0 Å². The molecule has 6 aromatic rings. The fraction of sp³-hybridized carbons (Fsp3) is 0. The minimum Gasteiger partial charge on any atom is -0.254 e. The molecule has 0 aliphatic carbocycles. The number of allylic oxidation sites excluding steroid dienone is 3. The molecule has 0 amide bonds. The zero-order valence-corrected chi connectivity index (χ0v) is 23.3. The monoisotopic (exact) mass is 538 g/mol. The molecule has 1 heterocycles. The molecule has 0 radical (unpaired) electrons. The molecular formula is C40H30N2. The number of fused-ring (bicyclic) bond motifs is 1. The van der Waals surface area contributed by atoms with Crippen molar-refractivity contribution in [2.75, 3.05) is 0 Å². The largest absolute Gasteiger partial charge is 0.254 e. The number of hydrogen-bond acceptors (Lipinski definition) is 2. The van der Waals surface area contributed by atoms with E-state index in [2.05, 4.69) is 128 Å². The van der Waals surface area contributed by atoms with E-state index in [1.807, 2.05) is 36.5 Å². The summed E-state index contributed by atoms with van der Waals surface area (Å²) in [6, 6.07) is 48.0. The molecule has 5 aromatic carbocycles. The topological polar surface area (TPSA) is 25.2 Å². The summed E-state index contributed by atoms with van der Waals surface area (Å²) in [5, 5.41) is 2.20. The van der Waals surface area contributed by atoms with Gasteiger partial charge in [0.15, 0.2) is 0 Å².